The molecule has 13 amide bonds. The third-order valence-corrected chi connectivity index (χ3v) is 16.7. The van der Waals surface area contributed by atoms with Crippen molar-refractivity contribution in [1.82, 2.24) is 52.3 Å². The Morgan fingerprint density at radius 1 is 0.537 bits per heavy atom. The molecule has 0 aliphatic carbocycles. The van der Waals surface area contributed by atoms with Crippen molar-refractivity contribution in [3.8, 4) is 0 Å². The van der Waals surface area contributed by atoms with Crippen LogP contribution in [0.4, 0.5) is 0 Å². The molecule has 10 atom stereocenters. The lowest BCUT2D eigenvalue weighted by Gasteiger charge is -2.32. The Labute approximate surface area is 558 Å². The van der Waals surface area contributed by atoms with Gasteiger partial charge in [-0.3, -0.25) is 67.3 Å². The molecule has 0 saturated carbocycles. The van der Waals surface area contributed by atoms with E-state index in [-0.39, 0.29) is 83.0 Å². The van der Waals surface area contributed by atoms with Gasteiger partial charge in [0.1, 0.15) is 54.4 Å². The standard InChI is InChI=1S/C63H98N18O13S/c1-37(2)33-45(57(89)74-41(53(68)85)27-32-95-3)73-52(84)36-72-54(86)46(34-38-15-6-4-7-16-38)78-58(90)47(35-39-17-8-5-9-18-39)79-56(88)42(23-25-50(66)82)75-55(87)43(24-26-51(67)83)76-59(91)49-22-14-31-81(49)62(94)44(20-10-11-28-64)77-60(92)48-21-13-30-80(48)61(93)40(65)19-12-29-71-63(69)70/h4-9,15-18,37,40-49H,10-14,19-36,64-65H2,1-3H3,(H2,66,82)(H2,67,83)(H2,68,85)(H,72,86)(H,73,84)(H,74,89)(H,75,87)(H,76,91)(H,77,92)(H,78,90)(H,79,88)(H4,69,70,71)/t40-,41-,42-,43-,44+,45+,46-,47+,48+,49+/m0/s1. The Bertz CT molecular complexity index is 2960. The van der Waals surface area contributed by atoms with Crippen LogP contribution in [0.1, 0.15) is 121 Å². The molecule has 0 unspecified atom stereocenters. The predicted molar refractivity (Wildman–Crippen MR) is 356 cm³/mol. The molecule has 2 aliphatic rings. The number of unbranched alkanes of at least 4 members (excludes halogenated alkanes) is 1. The Morgan fingerprint density at radius 2 is 1.01 bits per heavy atom. The smallest absolute Gasteiger partial charge is 0.245 e. The predicted octanol–water partition coefficient (Wildman–Crippen LogP) is -3.71. The first-order valence-electron chi connectivity index (χ1n) is 32.2. The van der Waals surface area contributed by atoms with E-state index in [1.807, 2.05) is 20.1 Å². The van der Waals surface area contributed by atoms with Crippen LogP contribution in [0, 0.1) is 5.92 Å². The minimum atomic E-state index is -1.64. The Morgan fingerprint density at radius 3 is 1.51 bits per heavy atom. The molecule has 2 aromatic carbocycles. The number of nitrogens with one attached hydrogen (secondary N) is 8. The lowest BCUT2D eigenvalue weighted by atomic mass is 10.0. The summed E-state index contributed by atoms with van der Waals surface area (Å²) >= 11 is 1.45. The highest BCUT2D eigenvalue weighted by Crippen LogP contribution is 2.24. The molecule has 0 bridgehead atoms. The second kappa shape index (κ2) is 41.0. The number of nitrogens with two attached hydrogens (primary N) is 7. The van der Waals surface area contributed by atoms with Crippen molar-refractivity contribution in [3.63, 3.8) is 0 Å². The number of primary amides is 3. The Kier molecular flexibility index (Phi) is 33.9. The minimum Gasteiger partial charge on any atom is -0.370 e. The molecule has 2 heterocycles. The molecule has 22 N–H and O–H groups in total. The van der Waals surface area contributed by atoms with E-state index in [1.54, 1.807) is 60.7 Å². The molecule has 0 radical (unpaired) electrons. The van der Waals surface area contributed by atoms with E-state index in [0.29, 0.717) is 55.4 Å². The summed E-state index contributed by atoms with van der Waals surface area (Å²) in [6.07, 6.45) is 3.12. The molecular weight excluding hydrogens is 1250 g/mol. The van der Waals surface area contributed by atoms with Crippen LogP contribution in [0.3, 0.4) is 0 Å². The van der Waals surface area contributed by atoms with Gasteiger partial charge >= 0.3 is 0 Å². The summed E-state index contributed by atoms with van der Waals surface area (Å²) in [5.74, 6) is -9.80. The number of benzene rings is 2. The van der Waals surface area contributed by atoms with Crippen molar-refractivity contribution in [2.24, 2.45) is 51.0 Å². The molecule has 2 saturated heterocycles. The summed E-state index contributed by atoms with van der Waals surface area (Å²) in [6, 6.07) is 4.51. The van der Waals surface area contributed by atoms with Crippen LogP contribution in [0.15, 0.2) is 65.7 Å². The van der Waals surface area contributed by atoms with Gasteiger partial charge in [0.25, 0.3) is 0 Å². The van der Waals surface area contributed by atoms with E-state index < -0.39 is 169 Å². The molecule has 2 fully saturated rings. The van der Waals surface area contributed by atoms with E-state index in [2.05, 4.69) is 47.5 Å². The van der Waals surface area contributed by atoms with Gasteiger partial charge in [-0.15, -0.1) is 0 Å². The minimum absolute atomic E-state index is 0.0736. The average Bonchev–Trinajstić information content (AvgIpc) is 1.74. The van der Waals surface area contributed by atoms with Gasteiger partial charge in [-0.25, -0.2) is 0 Å². The number of hydrogen-bond donors (Lipinski definition) is 15. The molecule has 2 aliphatic heterocycles. The molecule has 0 aromatic heterocycles. The summed E-state index contributed by atoms with van der Waals surface area (Å²) in [7, 11) is 0. The second-order valence-corrected chi connectivity index (χ2v) is 25.1. The van der Waals surface area contributed by atoms with E-state index in [9.17, 15) is 62.3 Å². The van der Waals surface area contributed by atoms with E-state index in [1.165, 1.54) is 21.6 Å². The van der Waals surface area contributed by atoms with Crippen molar-refractivity contribution in [2.45, 2.75) is 183 Å². The number of carbonyl (C=O) groups excluding carboxylic acids is 13. The molecule has 95 heavy (non-hydrogen) atoms. The first-order chi connectivity index (χ1) is 45.2. The summed E-state index contributed by atoms with van der Waals surface area (Å²) in [4.78, 5) is 185. The monoisotopic (exact) mass is 1350 g/mol. The first-order valence-corrected chi connectivity index (χ1v) is 33.6. The lowest BCUT2D eigenvalue weighted by molar-refractivity contribution is -0.144. The molecule has 524 valence electrons. The zero-order valence-electron chi connectivity index (χ0n) is 54.5. The van der Waals surface area contributed by atoms with E-state index in [0.717, 1.165) is 0 Å². The Hall–Kier alpha value is -8.91. The number of amides is 13. The topological polar surface area (TPSA) is 519 Å². The number of guanidine groups is 1. The molecule has 32 heteroatoms. The Balaban J connectivity index is 1.56. The molecule has 31 nitrogen and oxygen atoms in total. The highest BCUT2D eigenvalue weighted by molar-refractivity contribution is 7.98. The molecular formula is C63H98N18O13S. The number of thioether (sulfide) groups is 1. The zero-order valence-corrected chi connectivity index (χ0v) is 55.3. The van der Waals surface area contributed by atoms with Crippen molar-refractivity contribution in [2.75, 3.05) is 44.7 Å². The number of rotatable bonds is 42. The number of likely N-dealkylation sites (tertiary alicyclic amines) is 2. The van der Waals surface area contributed by atoms with Crippen LogP contribution < -0.4 is 82.7 Å². The van der Waals surface area contributed by atoms with Crippen LogP contribution in [0.25, 0.3) is 0 Å². The normalized spacial score (nSPS) is 16.8. The highest BCUT2D eigenvalue weighted by atomic mass is 32.2. The van der Waals surface area contributed by atoms with Gasteiger partial charge in [-0.05, 0) is 119 Å². The first kappa shape index (κ1) is 78.5. The van der Waals surface area contributed by atoms with Crippen LogP contribution in [-0.2, 0) is 75.2 Å². The summed E-state index contributed by atoms with van der Waals surface area (Å²) in [5.41, 5.74) is 40.6. The van der Waals surface area contributed by atoms with Gasteiger partial charge in [-0.1, -0.05) is 74.5 Å². The fourth-order valence-electron chi connectivity index (χ4n) is 11.0. The maximum atomic E-state index is 14.7. The van der Waals surface area contributed by atoms with Crippen LogP contribution in [0.5, 0.6) is 0 Å². The largest absolute Gasteiger partial charge is 0.370 e. The van der Waals surface area contributed by atoms with E-state index >= 15 is 0 Å². The van der Waals surface area contributed by atoms with Gasteiger partial charge < -0.3 is 92.5 Å². The average molecular weight is 1350 g/mol. The maximum absolute atomic E-state index is 14.7. The SMILES string of the molecule is CSCC[C@H](NC(=O)[C@@H](CC(C)C)NC(=O)CNC(=O)[C@H](Cc1ccccc1)NC(=O)[C@@H](Cc1ccccc1)NC(=O)[C@H](CCC(N)=O)NC(=O)[C@H](CCC(N)=O)NC(=O)[C@H]1CCCN1C(=O)[C@@H](CCCCN)NC(=O)[C@H]1CCCN1C(=O)[C@@H](N)CCCN=C(N)N)C(N)=O. The number of aliphatic imine (C=N–C) groups is 1. The van der Waals surface area contributed by atoms with Gasteiger partial charge in [0.05, 0.1) is 12.6 Å². The summed E-state index contributed by atoms with van der Waals surface area (Å²) < 4.78 is 0. The van der Waals surface area contributed by atoms with E-state index in [4.69, 9.17) is 40.1 Å². The molecule has 0 spiro atoms. The van der Waals surface area contributed by atoms with Gasteiger partial charge in [0.15, 0.2) is 5.96 Å². The van der Waals surface area contributed by atoms with Gasteiger partial charge in [0, 0.05) is 45.3 Å². The fraction of sp³-hybridized carbons (Fsp3) is 0.587. The fourth-order valence-corrected chi connectivity index (χ4v) is 11.5. The number of hydrogen-bond acceptors (Lipinski definition) is 17. The highest BCUT2D eigenvalue weighted by Gasteiger charge is 2.42. The van der Waals surface area contributed by atoms with Crippen molar-refractivity contribution in [3.05, 3.63) is 71.8 Å². The van der Waals surface area contributed by atoms with Crippen LogP contribution in [-0.4, -0.2) is 198 Å². The van der Waals surface area contributed by atoms with Gasteiger partial charge in [-0.2, -0.15) is 11.8 Å². The second-order valence-electron chi connectivity index (χ2n) is 24.1. The van der Waals surface area contributed by atoms with Gasteiger partial charge in [0.2, 0.25) is 76.8 Å². The van der Waals surface area contributed by atoms with Crippen molar-refractivity contribution >= 4 is 94.5 Å². The number of nitrogens with zero attached hydrogens (tertiary/aromatic N) is 3. The van der Waals surface area contributed by atoms with Crippen molar-refractivity contribution in [1.29, 1.82) is 0 Å². The zero-order chi connectivity index (χ0) is 70.1. The number of carbonyl (C=O) groups is 13. The summed E-state index contributed by atoms with van der Waals surface area (Å²) in [5, 5.41) is 21.1. The molecule has 2 aromatic rings. The third kappa shape index (κ3) is 27.5. The molecule has 4 rings (SSSR count). The lowest BCUT2D eigenvalue weighted by Crippen LogP contribution is -2.60. The van der Waals surface area contributed by atoms with Crippen LogP contribution >= 0.6 is 11.8 Å². The van der Waals surface area contributed by atoms with Crippen LogP contribution in [0.2, 0.25) is 0 Å². The third-order valence-electron chi connectivity index (χ3n) is 16.0. The maximum Gasteiger partial charge on any atom is 0.245 e. The quantitative estimate of drug-likeness (QED) is 0.0173. The summed E-state index contributed by atoms with van der Waals surface area (Å²) in [6.45, 7) is 3.86. The van der Waals surface area contributed by atoms with Crippen molar-refractivity contribution < 1.29 is 62.3 Å².